The summed E-state index contributed by atoms with van der Waals surface area (Å²) in [6.45, 7) is 1.38. The standard InChI is InChI=1S/C7H8O4/c1-5(7(10)11)3-2-4-6(8)9/h2-4H,1H3,(H,8,9)(H,10,11)/b4-2+,5-3-. The second-order valence-electron chi connectivity index (χ2n) is 1.85. The summed E-state index contributed by atoms with van der Waals surface area (Å²) in [4.78, 5) is 20.0. The summed E-state index contributed by atoms with van der Waals surface area (Å²) in [6.07, 6.45) is 3.26. The largest absolute Gasteiger partial charge is 0.478 e. The normalized spacial score (nSPS) is 11.9. The van der Waals surface area contributed by atoms with Gasteiger partial charge in [-0.15, -0.1) is 0 Å². The van der Waals surface area contributed by atoms with Crippen molar-refractivity contribution in [2.75, 3.05) is 0 Å². The van der Waals surface area contributed by atoms with Crippen LogP contribution in [0.1, 0.15) is 6.92 Å². The van der Waals surface area contributed by atoms with Crippen molar-refractivity contribution in [3.63, 3.8) is 0 Å². The average molecular weight is 156 g/mol. The highest BCUT2D eigenvalue weighted by Crippen LogP contribution is 1.91. The van der Waals surface area contributed by atoms with Gasteiger partial charge in [-0.2, -0.15) is 0 Å². The van der Waals surface area contributed by atoms with Crippen LogP contribution in [0.25, 0.3) is 0 Å². The maximum atomic E-state index is 10.1. The molecule has 0 aromatic rings. The molecule has 0 spiro atoms. The first-order valence-electron chi connectivity index (χ1n) is 2.85. The molecule has 4 heteroatoms. The predicted octanol–water partition coefficient (Wildman–Crippen LogP) is 0.658. The number of carboxylic acids is 2. The van der Waals surface area contributed by atoms with E-state index in [4.69, 9.17) is 10.2 Å². The van der Waals surface area contributed by atoms with E-state index in [1.165, 1.54) is 19.1 Å². The van der Waals surface area contributed by atoms with Crippen LogP contribution in [-0.2, 0) is 9.59 Å². The molecule has 0 saturated carbocycles. The molecule has 11 heavy (non-hydrogen) atoms. The first kappa shape index (κ1) is 9.42. The van der Waals surface area contributed by atoms with Crippen LogP contribution >= 0.6 is 0 Å². The van der Waals surface area contributed by atoms with Crippen LogP contribution in [0.3, 0.4) is 0 Å². The summed E-state index contributed by atoms with van der Waals surface area (Å²) in [5, 5.41) is 16.4. The fourth-order valence-corrected chi connectivity index (χ4v) is 0.346. The molecule has 0 aromatic heterocycles. The summed E-state index contributed by atoms with van der Waals surface area (Å²) in [5.41, 5.74) is 0.0995. The number of hydrogen-bond acceptors (Lipinski definition) is 2. The van der Waals surface area contributed by atoms with Crippen LogP contribution in [0.5, 0.6) is 0 Å². The van der Waals surface area contributed by atoms with Gasteiger partial charge in [0.2, 0.25) is 0 Å². The van der Waals surface area contributed by atoms with Gasteiger partial charge in [-0.1, -0.05) is 12.2 Å². The maximum Gasteiger partial charge on any atom is 0.331 e. The zero-order valence-electron chi connectivity index (χ0n) is 5.94. The lowest BCUT2D eigenvalue weighted by Crippen LogP contribution is -1.94. The number of carbonyl (C=O) groups is 2. The summed E-state index contributed by atoms with van der Waals surface area (Å²) >= 11 is 0. The summed E-state index contributed by atoms with van der Waals surface area (Å²) in [6, 6.07) is 0. The van der Waals surface area contributed by atoms with Crippen molar-refractivity contribution in [3.8, 4) is 0 Å². The van der Waals surface area contributed by atoms with Crippen molar-refractivity contribution in [1.29, 1.82) is 0 Å². The molecule has 0 heterocycles. The molecule has 0 unspecified atom stereocenters. The molecule has 2 N–H and O–H groups in total. The minimum Gasteiger partial charge on any atom is -0.478 e. The number of aliphatic carboxylic acids is 2. The molecule has 0 aliphatic carbocycles. The molecule has 0 amide bonds. The van der Waals surface area contributed by atoms with E-state index < -0.39 is 11.9 Å². The smallest absolute Gasteiger partial charge is 0.331 e. The molecule has 0 atom stereocenters. The summed E-state index contributed by atoms with van der Waals surface area (Å²) < 4.78 is 0. The molecular weight excluding hydrogens is 148 g/mol. The highest BCUT2D eigenvalue weighted by molar-refractivity contribution is 5.86. The third kappa shape index (κ3) is 4.90. The van der Waals surface area contributed by atoms with Gasteiger partial charge in [0.1, 0.15) is 0 Å². The minimum absolute atomic E-state index is 0.0995. The van der Waals surface area contributed by atoms with E-state index in [1.54, 1.807) is 0 Å². The van der Waals surface area contributed by atoms with Gasteiger partial charge in [-0.25, -0.2) is 9.59 Å². The van der Waals surface area contributed by atoms with Gasteiger partial charge in [0, 0.05) is 11.6 Å². The number of carboxylic acid groups (broad SMARTS) is 2. The van der Waals surface area contributed by atoms with Crippen LogP contribution in [0, 0.1) is 0 Å². The molecule has 0 saturated heterocycles. The van der Waals surface area contributed by atoms with E-state index in [0.717, 1.165) is 6.08 Å². The van der Waals surface area contributed by atoms with Crippen molar-refractivity contribution in [3.05, 3.63) is 23.8 Å². The second kappa shape index (κ2) is 4.27. The van der Waals surface area contributed by atoms with Crippen molar-refractivity contribution in [1.82, 2.24) is 0 Å². The Morgan fingerprint density at radius 3 is 2.18 bits per heavy atom. The zero-order valence-corrected chi connectivity index (χ0v) is 5.94. The quantitative estimate of drug-likeness (QED) is 0.465. The highest BCUT2D eigenvalue weighted by Gasteiger charge is 1.95. The predicted molar refractivity (Wildman–Crippen MR) is 38.2 cm³/mol. The van der Waals surface area contributed by atoms with Gasteiger partial charge in [-0.05, 0) is 6.92 Å². The molecule has 0 fully saturated rings. The van der Waals surface area contributed by atoms with E-state index in [-0.39, 0.29) is 5.57 Å². The van der Waals surface area contributed by atoms with Crippen LogP contribution in [0.2, 0.25) is 0 Å². The Hall–Kier alpha value is -1.58. The van der Waals surface area contributed by atoms with Crippen molar-refractivity contribution < 1.29 is 19.8 Å². The lowest BCUT2D eigenvalue weighted by molar-refractivity contribution is -0.133. The zero-order chi connectivity index (χ0) is 8.85. The Kier molecular flexibility index (Phi) is 3.66. The lowest BCUT2D eigenvalue weighted by atomic mass is 10.3. The van der Waals surface area contributed by atoms with Crippen LogP contribution in [0.15, 0.2) is 23.8 Å². The Morgan fingerprint density at radius 2 is 1.82 bits per heavy atom. The van der Waals surface area contributed by atoms with Crippen LogP contribution < -0.4 is 0 Å². The number of rotatable bonds is 3. The molecule has 0 radical (unpaired) electrons. The molecule has 0 aliphatic rings. The summed E-state index contributed by atoms with van der Waals surface area (Å²) in [5.74, 6) is -2.15. The first-order chi connectivity index (χ1) is 5.04. The van der Waals surface area contributed by atoms with Gasteiger partial charge >= 0.3 is 11.9 Å². The van der Waals surface area contributed by atoms with Crippen molar-refractivity contribution in [2.45, 2.75) is 6.92 Å². The number of allylic oxidation sites excluding steroid dienone is 2. The van der Waals surface area contributed by atoms with Gasteiger partial charge in [0.15, 0.2) is 0 Å². The monoisotopic (exact) mass is 156 g/mol. The van der Waals surface area contributed by atoms with Gasteiger partial charge < -0.3 is 10.2 Å². The Labute approximate surface area is 63.5 Å². The Morgan fingerprint density at radius 1 is 1.27 bits per heavy atom. The second-order valence-corrected chi connectivity index (χ2v) is 1.85. The van der Waals surface area contributed by atoms with Crippen LogP contribution in [0.4, 0.5) is 0 Å². The van der Waals surface area contributed by atoms with Gasteiger partial charge in [0.05, 0.1) is 0 Å². The first-order valence-corrected chi connectivity index (χ1v) is 2.85. The maximum absolute atomic E-state index is 10.1. The molecular formula is C7H8O4. The molecule has 0 aliphatic heterocycles. The third-order valence-corrected chi connectivity index (χ3v) is 0.922. The minimum atomic E-state index is -1.10. The fourth-order valence-electron chi connectivity index (χ4n) is 0.346. The Balaban J connectivity index is 4.13. The topological polar surface area (TPSA) is 74.6 Å². The average Bonchev–Trinajstić information content (AvgIpc) is 1.86. The molecule has 60 valence electrons. The van der Waals surface area contributed by atoms with E-state index in [9.17, 15) is 9.59 Å². The van der Waals surface area contributed by atoms with E-state index in [0.29, 0.717) is 0 Å². The van der Waals surface area contributed by atoms with Crippen molar-refractivity contribution >= 4 is 11.9 Å². The third-order valence-electron chi connectivity index (χ3n) is 0.922. The summed E-state index contributed by atoms with van der Waals surface area (Å²) in [7, 11) is 0. The van der Waals surface area contributed by atoms with E-state index >= 15 is 0 Å². The Bertz CT molecular complexity index is 225. The number of hydrogen-bond donors (Lipinski definition) is 2. The molecule has 0 bridgehead atoms. The molecule has 4 nitrogen and oxygen atoms in total. The molecule has 0 aromatic carbocycles. The highest BCUT2D eigenvalue weighted by atomic mass is 16.4. The molecule has 0 rings (SSSR count). The van der Waals surface area contributed by atoms with Gasteiger partial charge in [0.25, 0.3) is 0 Å². The van der Waals surface area contributed by atoms with E-state index in [1.807, 2.05) is 0 Å². The lowest BCUT2D eigenvalue weighted by Gasteiger charge is -1.86. The van der Waals surface area contributed by atoms with Crippen LogP contribution in [-0.4, -0.2) is 22.2 Å². The van der Waals surface area contributed by atoms with Crippen molar-refractivity contribution in [2.24, 2.45) is 0 Å². The fraction of sp³-hybridized carbons (Fsp3) is 0.143. The van der Waals surface area contributed by atoms with E-state index in [2.05, 4.69) is 0 Å². The van der Waals surface area contributed by atoms with Gasteiger partial charge in [-0.3, -0.25) is 0 Å². The SMILES string of the molecule is C/C(=C/C=C/C(=O)O)C(=O)O.